The number of nitrogens with two attached hydrogens (primary N) is 1. The van der Waals surface area contributed by atoms with Crippen LogP contribution in [-0.2, 0) is 6.42 Å². The lowest BCUT2D eigenvalue weighted by Gasteiger charge is -2.07. The minimum Gasteiger partial charge on any atom is -0.506 e. The van der Waals surface area contributed by atoms with Crippen LogP contribution in [-0.4, -0.2) is 11.7 Å². The minimum absolute atomic E-state index is 0.226. The second-order valence-electron chi connectivity index (χ2n) is 3.45. The van der Waals surface area contributed by atoms with Crippen LogP contribution < -0.4 is 5.73 Å². The number of benzene rings is 1. The molecule has 0 aliphatic carbocycles. The third-order valence-electron chi connectivity index (χ3n) is 2.29. The lowest BCUT2D eigenvalue weighted by molar-refractivity contribution is 0.466. The van der Waals surface area contributed by atoms with Crippen LogP contribution in [0.4, 0.5) is 0 Å². The largest absolute Gasteiger partial charge is 0.506 e. The van der Waals surface area contributed by atoms with E-state index in [4.69, 9.17) is 17.3 Å². The third-order valence-corrected chi connectivity index (χ3v) is 2.77. The molecule has 0 saturated carbocycles. The molecular formula is C11H16ClNO. The molecule has 0 amide bonds. The van der Waals surface area contributed by atoms with Crippen LogP contribution in [0, 0.1) is 6.92 Å². The molecule has 0 atom stereocenters. The Balaban J connectivity index is 2.73. The fourth-order valence-corrected chi connectivity index (χ4v) is 1.55. The summed E-state index contributed by atoms with van der Waals surface area (Å²) in [6.45, 7) is 2.58. The first kappa shape index (κ1) is 11.3. The SMILES string of the molecule is Cc1ccc(CCCCN)c(O)c1Cl. The number of aryl methyl sites for hydroxylation is 2. The Bertz CT molecular complexity index is 312. The van der Waals surface area contributed by atoms with Crippen molar-refractivity contribution in [3.63, 3.8) is 0 Å². The zero-order chi connectivity index (χ0) is 10.6. The summed E-state index contributed by atoms with van der Waals surface area (Å²) in [6, 6.07) is 3.85. The highest BCUT2D eigenvalue weighted by atomic mass is 35.5. The van der Waals surface area contributed by atoms with Gasteiger partial charge >= 0.3 is 0 Å². The van der Waals surface area contributed by atoms with E-state index in [1.165, 1.54) is 0 Å². The van der Waals surface area contributed by atoms with E-state index in [2.05, 4.69) is 0 Å². The van der Waals surface area contributed by atoms with Gasteiger partial charge in [0.15, 0.2) is 0 Å². The van der Waals surface area contributed by atoms with E-state index in [0.717, 1.165) is 30.4 Å². The molecule has 0 bridgehead atoms. The van der Waals surface area contributed by atoms with Crippen molar-refractivity contribution in [1.82, 2.24) is 0 Å². The van der Waals surface area contributed by atoms with E-state index >= 15 is 0 Å². The maximum Gasteiger partial charge on any atom is 0.137 e. The molecule has 1 aromatic carbocycles. The van der Waals surface area contributed by atoms with Crippen molar-refractivity contribution < 1.29 is 5.11 Å². The van der Waals surface area contributed by atoms with Crippen molar-refractivity contribution >= 4 is 11.6 Å². The number of hydrogen-bond acceptors (Lipinski definition) is 2. The van der Waals surface area contributed by atoms with E-state index in [1.54, 1.807) is 0 Å². The van der Waals surface area contributed by atoms with Crippen LogP contribution in [0.5, 0.6) is 5.75 Å². The Kier molecular flexibility index (Phi) is 4.23. The first-order chi connectivity index (χ1) is 6.66. The maximum atomic E-state index is 9.71. The second-order valence-corrected chi connectivity index (χ2v) is 3.83. The highest BCUT2D eigenvalue weighted by Gasteiger charge is 2.07. The zero-order valence-electron chi connectivity index (χ0n) is 8.39. The van der Waals surface area contributed by atoms with Crippen molar-refractivity contribution in [2.75, 3.05) is 6.54 Å². The molecule has 3 heteroatoms. The number of phenols is 1. The van der Waals surface area contributed by atoms with E-state index in [9.17, 15) is 5.11 Å². The summed E-state index contributed by atoms with van der Waals surface area (Å²) < 4.78 is 0. The van der Waals surface area contributed by atoms with Gasteiger partial charge < -0.3 is 10.8 Å². The van der Waals surface area contributed by atoms with E-state index in [-0.39, 0.29) is 5.75 Å². The maximum absolute atomic E-state index is 9.71. The van der Waals surface area contributed by atoms with Crippen molar-refractivity contribution in [1.29, 1.82) is 0 Å². The van der Waals surface area contributed by atoms with Gasteiger partial charge in [0.2, 0.25) is 0 Å². The average molecular weight is 214 g/mol. The lowest BCUT2D eigenvalue weighted by atomic mass is 10.1. The monoisotopic (exact) mass is 213 g/mol. The molecule has 0 aliphatic rings. The summed E-state index contributed by atoms with van der Waals surface area (Å²) in [5.41, 5.74) is 7.22. The smallest absolute Gasteiger partial charge is 0.137 e. The highest BCUT2D eigenvalue weighted by Crippen LogP contribution is 2.31. The Morgan fingerprint density at radius 1 is 1.36 bits per heavy atom. The summed E-state index contributed by atoms with van der Waals surface area (Å²) in [5.74, 6) is 0.226. The number of halogens is 1. The Morgan fingerprint density at radius 3 is 2.71 bits per heavy atom. The van der Waals surface area contributed by atoms with E-state index in [0.29, 0.717) is 11.6 Å². The van der Waals surface area contributed by atoms with Gasteiger partial charge in [-0.2, -0.15) is 0 Å². The zero-order valence-corrected chi connectivity index (χ0v) is 9.14. The highest BCUT2D eigenvalue weighted by molar-refractivity contribution is 6.32. The number of rotatable bonds is 4. The van der Waals surface area contributed by atoms with Gasteiger partial charge in [-0.1, -0.05) is 23.7 Å². The Hall–Kier alpha value is -0.730. The molecule has 0 heterocycles. The quantitative estimate of drug-likeness (QED) is 0.756. The van der Waals surface area contributed by atoms with Gasteiger partial charge in [0.1, 0.15) is 5.75 Å². The van der Waals surface area contributed by atoms with Crippen LogP contribution in [0.2, 0.25) is 5.02 Å². The van der Waals surface area contributed by atoms with Crippen LogP contribution in [0.3, 0.4) is 0 Å². The van der Waals surface area contributed by atoms with Crippen molar-refractivity contribution in [3.05, 3.63) is 28.3 Å². The molecule has 14 heavy (non-hydrogen) atoms. The molecule has 0 unspecified atom stereocenters. The van der Waals surface area contributed by atoms with Crippen LogP contribution in [0.1, 0.15) is 24.0 Å². The first-order valence-corrected chi connectivity index (χ1v) is 5.21. The van der Waals surface area contributed by atoms with Crippen LogP contribution in [0.25, 0.3) is 0 Å². The molecule has 0 aliphatic heterocycles. The van der Waals surface area contributed by atoms with Crippen molar-refractivity contribution in [3.8, 4) is 5.75 Å². The molecule has 3 N–H and O–H groups in total. The second kappa shape index (κ2) is 5.23. The van der Waals surface area contributed by atoms with Gasteiger partial charge in [-0.05, 0) is 43.9 Å². The molecule has 0 aromatic heterocycles. The number of aromatic hydroxyl groups is 1. The molecule has 2 nitrogen and oxygen atoms in total. The third kappa shape index (κ3) is 2.63. The van der Waals surface area contributed by atoms with Gasteiger partial charge in [0.25, 0.3) is 0 Å². The van der Waals surface area contributed by atoms with Gasteiger partial charge in [0, 0.05) is 0 Å². The number of hydrogen-bond donors (Lipinski definition) is 2. The minimum atomic E-state index is 0.226. The van der Waals surface area contributed by atoms with E-state index < -0.39 is 0 Å². The van der Waals surface area contributed by atoms with Crippen LogP contribution >= 0.6 is 11.6 Å². The Morgan fingerprint density at radius 2 is 2.07 bits per heavy atom. The summed E-state index contributed by atoms with van der Waals surface area (Å²) in [4.78, 5) is 0. The molecular weight excluding hydrogens is 198 g/mol. The molecule has 1 rings (SSSR count). The standard InChI is InChI=1S/C11H16ClNO/c1-8-5-6-9(4-2-3-7-13)11(14)10(8)12/h5-6,14H,2-4,7,13H2,1H3. The van der Waals surface area contributed by atoms with Crippen LogP contribution in [0.15, 0.2) is 12.1 Å². The molecule has 78 valence electrons. The van der Waals surface area contributed by atoms with Gasteiger partial charge in [0.05, 0.1) is 5.02 Å². The Labute approximate surface area is 89.7 Å². The van der Waals surface area contributed by atoms with Crippen molar-refractivity contribution in [2.45, 2.75) is 26.2 Å². The lowest BCUT2D eigenvalue weighted by Crippen LogP contribution is -1.99. The summed E-state index contributed by atoms with van der Waals surface area (Å²) in [7, 11) is 0. The van der Waals surface area contributed by atoms with Gasteiger partial charge in [-0.25, -0.2) is 0 Å². The summed E-state index contributed by atoms with van der Waals surface area (Å²) in [6.07, 6.45) is 2.80. The molecule has 0 radical (unpaired) electrons. The molecule has 0 fully saturated rings. The molecule has 1 aromatic rings. The summed E-state index contributed by atoms with van der Waals surface area (Å²) in [5, 5.41) is 10.2. The van der Waals surface area contributed by atoms with Crippen molar-refractivity contribution in [2.24, 2.45) is 5.73 Å². The number of phenolic OH excluding ortho intramolecular Hbond substituents is 1. The predicted octanol–water partition coefficient (Wildman–Crippen LogP) is 2.64. The molecule has 0 spiro atoms. The topological polar surface area (TPSA) is 46.2 Å². The van der Waals surface area contributed by atoms with Gasteiger partial charge in [-0.3, -0.25) is 0 Å². The fourth-order valence-electron chi connectivity index (χ4n) is 1.37. The normalized spacial score (nSPS) is 10.5. The molecule has 0 saturated heterocycles. The van der Waals surface area contributed by atoms with E-state index in [1.807, 2.05) is 19.1 Å². The van der Waals surface area contributed by atoms with Gasteiger partial charge in [-0.15, -0.1) is 0 Å². The average Bonchev–Trinajstić information content (AvgIpc) is 2.18. The summed E-state index contributed by atoms with van der Waals surface area (Å²) >= 11 is 5.92. The number of unbranched alkanes of at least 4 members (excludes halogenated alkanes) is 1. The fraction of sp³-hybridized carbons (Fsp3) is 0.455. The first-order valence-electron chi connectivity index (χ1n) is 4.84. The predicted molar refractivity (Wildman–Crippen MR) is 59.8 cm³/mol.